The van der Waals surface area contributed by atoms with Gasteiger partial charge in [-0.2, -0.15) is 0 Å². The van der Waals surface area contributed by atoms with Crippen molar-refractivity contribution in [3.05, 3.63) is 29.8 Å². The van der Waals surface area contributed by atoms with Crippen LogP contribution >= 0.6 is 0 Å². The molecule has 0 saturated carbocycles. The van der Waals surface area contributed by atoms with Gasteiger partial charge in [0.1, 0.15) is 5.60 Å². The second-order valence-electron chi connectivity index (χ2n) is 5.36. The van der Waals surface area contributed by atoms with Crippen LogP contribution in [0.5, 0.6) is 0 Å². The number of carbonyl (C=O) groups is 1. The molecule has 0 radical (unpaired) electrons. The zero-order chi connectivity index (χ0) is 14.7. The SMILES string of the molecule is CC(C)(C)OC(=O)CCc1ccccc1[B-](F)(F)F.[K+]. The number of carbonyl (C=O) groups excluding carboxylic acids is 1. The average Bonchev–Trinajstić information content (AvgIpc) is 2.23. The molecule has 2 nitrogen and oxygen atoms in total. The Morgan fingerprint density at radius 1 is 1.20 bits per heavy atom. The third-order valence-corrected chi connectivity index (χ3v) is 2.43. The monoisotopic (exact) mass is 312 g/mol. The first-order chi connectivity index (χ1) is 8.59. The predicted octanol–water partition coefficient (Wildman–Crippen LogP) is 0.0193. The van der Waals surface area contributed by atoms with Crippen LogP contribution in [0.3, 0.4) is 0 Å². The fourth-order valence-electron chi connectivity index (χ4n) is 1.71. The van der Waals surface area contributed by atoms with E-state index < -0.39 is 24.0 Å². The number of rotatable bonds is 4. The Labute approximate surface area is 159 Å². The van der Waals surface area contributed by atoms with Crippen molar-refractivity contribution in [1.82, 2.24) is 0 Å². The van der Waals surface area contributed by atoms with Gasteiger partial charge in [-0.05, 0) is 27.2 Å². The van der Waals surface area contributed by atoms with Crippen LogP contribution in [0.1, 0.15) is 32.8 Å². The Kier molecular flexibility index (Phi) is 8.06. The van der Waals surface area contributed by atoms with E-state index in [9.17, 15) is 17.7 Å². The summed E-state index contributed by atoms with van der Waals surface area (Å²) in [6.07, 6.45) is -0.0210. The summed E-state index contributed by atoms with van der Waals surface area (Å²) in [5.41, 5.74) is -1.11. The molecular formula is C13H17BF3KO2. The van der Waals surface area contributed by atoms with Crippen LogP contribution in [0.2, 0.25) is 0 Å². The zero-order valence-corrected chi connectivity index (χ0v) is 15.4. The molecule has 106 valence electrons. The molecular weight excluding hydrogens is 295 g/mol. The molecule has 0 aliphatic heterocycles. The summed E-state index contributed by atoms with van der Waals surface area (Å²) >= 11 is 0. The van der Waals surface area contributed by atoms with E-state index in [4.69, 9.17) is 4.74 Å². The molecule has 0 spiro atoms. The van der Waals surface area contributed by atoms with Crippen molar-refractivity contribution in [2.75, 3.05) is 0 Å². The number of aryl methyl sites for hydroxylation is 1. The molecule has 7 heteroatoms. The molecule has 0 atom stereocenters. The minimum absolute atomic E-state index is 0. The number of benzene rings is 1. The number of esters is 1. The molecule has 0 aliphatic rings. The molecule has 1 aromatic rings. The van der Waals surface area contributed by atoms with E-state index in [1.54, 1.807) is 20.8 Å². The first kappa shape index (κ1) is 20.2. The van der Waals surface area contributed by atoms with Crippen LogP contribution in [0.15, 0.2) is 24.3 Å². The van der Waals surface area contributed by atoms with E-state index >= 15 is 0 Å². The van der Waals surface area contributed by atoms with E-state index in [2.05, 4.69) is 0 Å². The Morgan fingerprint density at radius 2 is 1.75 bits per heavy atom. The number of hydrogen-bond donors (Lipinski definition) is 0. The van der Waals surface area contributed by atoms with Crippen LogP contribution in [-0.2, 0) is 16.0 Å². The van der Waals surface area contributed by atoms with Gasteiger partial charge >= 0.3 is 64.3 Å². The number of halogens is 3. The van der Waals surface area contributed by atoms with Gasteiger partial charge in [-0.25, -0.2) is 0 Å². The van der Waals surface area contributed by atoms with Crippen molar-refractivity contribution in [1.29, 1.82) is 0 Å². The molecule has 0 fully saturated rings. The topological polar surface area (TPSA) is 26.3 Å². The Bertz CT molecular complexity index is 456. The van der Waals surface area contributed by atoms with Crippen molar-refractivity contribution < 1.29 is 73.9 Å². The Hall–Kier alpha value is 0.181. The first-order valence-corrected chi connectivity index (χ1v) is 6.09. The molecule has 1 aromatic carbocycles. The molecule has 20 heavy (non-hydrogen) atoms. The summed E-state index contributed by atoms with van der Waals surface area (Å²) in [6.45, 7) is 0.109. The number of ether oxygens (including phenoxy) is 1. The quantitative estimate of drug-likeness (QED) is 0.579. The Balaban J connectivity index is 0.00000361. The van der Waals surface area contributed by atoms with Crippen molar-refractivity contribution in [3.63, 3.8) is 0 Å². The summed E-state index contributed by atoms with van der Waals surface area (Å²) in [6, 6.07) is 5.33. The molecule has 0 bridgehead atoms. The van der Waals surface area contributed by atoms with Crippen LogP contribution < -0.4 is 56.8 Å². The van der Waals surface area contributed by atoms with E-state index in [1.165, 1.54) is 18.2 Å². The van der Waals surface area contributed by atoms with Gasteiger partial charge in [0, 0.05) is 6.42 Å². The normalized spacial score (nSPS) is 11.7. The van der Waals surface area contributed by atoms with E-state index in [1.807, 2.05) is 0 Å². The maximum Gasteiger partial charge on any atom is 1.00 e. The molecule has 0 saturated heterocycles. The fraction of sp³-hybridized carbons (Fsp3) is 0.462. The number of hydrogen-bond acceptors (Lipinski definition) is 2. The summed E-state index contributed by atoms with van der Waals surface area (Å²) in [4.78, 5) is 11.5. The van der Waals surface area contributed by atoms with Gasteiger partial charge in [-0.1, -0.05) is 29.8 Å². The summed E-state index contributed by atoms with van der Waals surface area (Å²) < 4.78 is 43.4. The zero-order valence-electron chi connectivity index (χ0n) is 12.3. The summed E-state index contributed by atoms with van der Waals surface area (Å²) in [5, 5.41) is 0. The first-order valence-electron chi connectivity index (χ1n) is 6.09. The van der Waals surface area contributed by atoms with Crippen molar-refractivity contribution in [3.8, 4) is 0 Å². The van der Waals surface area contributed by atoms with Crippen LogP contribution in [0, 0.1) is 0 Å². The maximum atomic E-state index is 12.8. The van der Waals surface area contributed by atoms with Gasteiger partial charge < -0.3 is 17.7 Å². The summed E-state index contributed by atoms with van der Waals surface area (Å²) in [5.74, 6) is -0.489. The molecule has 0 heterocycles. The van der Waals surface area contributed by atoms with Gasteiger partial charge in [0.25, 0.3) is 0 Å². The van der Waals surface area contributed by atoms with Gasteiger partial charge in [0.05, 0.1) is 0 Å². The minimum Gasteiger partial charge on any atom is -0.460 e. The van der Waals surface area contributed by atoms with Gasteiger partial charge in [-0.3, -0.25) is 4.79 Å². The third-order valence-electron chi connectivity index (χ3n) is 2.43. The minimum atomic E-state index is -5.05. The maximum absolute atomic E-state index is 12.8. The van der Waals surface area contributed by atoms with Crippen LogP contribution in [0.4, 0.5) is 12.9 Å². The third kappa shape index (κ3) is 7.26. The van der Waals surface area contributed by atoms with Crippen molar-refractivity contribution >= 4 is 18.4 Å². The average molecular weight is 312 g/mol. The van der Waals surface area contributed by atoms with Gasteiger partial charge in [-0.15, -0.1) is 5.46 Å². The smallest absolute Gasteiger partial charge is 0.460 e. The fourth-order valence-corrected chi connectivity index (χ4v) is 1.71. The Morgan fingerprint density at radius 3 is 2.25 bits per heavy atom. The van der Waals surface area contributed by atoms with Crippen molar-refractivity contribution in [2.45, 2.75) is 39.2 Å². The molecule has 0 aromatic heterocycles. The molecule has 0 amide bonds. The van der Waals surface area contributed by atoms with E-state index in [0.717, 1.165) is 6.07 Å². The van der Waals surface area contributed by atoms with E-state index in [-0.39, 0.29) is 69.8 Å². The predicted molar refractivity (Wildman–Crippen MR) is 69.3 cm³/mol. The molecule has 0 aliphatic carbocycles. The van der Waals surface area contributed by atoms with E-state index in [0.29, 0.717) is 0 Å². The van der Waals surface area contributed by atoms with Gasteiger partial charge in [0.15, 0.2) is 0 Å². The summed E-state index contributed by atoms with van der Waals surface area (Å²) in [7, 11) is 0. The molecule has 0 unspecified atom stereocenters. The molecule has 1 rings (SSSR count). The van der Waals surface area contributed by atoms with Crippen LogP contribution in [-0.4, -0.2) is 18.5 Å². The standard InChI is InChI=1S/C13H17BF3O2.K/c1-13(2,3)19-12(18)9-8-10-6-4-5-7-11(10)14(15,16)17;/h4-7H,8-9H2,1-3H3;/q-1;+1. The second-order valence-corrected chi connectivity index (χ2v) is 5.36. The van der Waals surface area contributed by atoms with Crippen molar-refractivity contribution in [2.24, 2.45) is 0 Å². The second kappa shape index (κ2) is 7.98. The molecule has 0 N–H and O–H groups in total. The van der Waals surface area contributed by atoms with Crippen LogP contribution in [0.25, 0.3) is 0 Å². The van der Waals surface area contributed by atoms with Gasteiger partial charge in [0.2, 0.25) is 0 Å². The largest absolute Gasteiger partial charge is 1.00 e.